The summed E-state index contributed by atoms with van der Waals surface area (Å²) in [5.41, 5.74) is 5.95. The SMILES string of the molecule is NC(=O)C1=C(O)C2C(O)=C3C(O)=C4C(=O)CCC=C4CC3CC2CC1=O. The molecule has 0 radical (unpaired) electrons. The molecule has 0 fully saturated rings. The highest BCUT2D eigenvalue weighted by Gasteiger charge is 2.49. The van der Waals surface area contributed by atoms with Gasteiger partial charge >= 0.3 is 0 Å². The summed E-state index contributed by atoms with van der Waals surface area (Å²) in [6.45, 7) is 0. The van der Waals surface area contributed by atoms with Crippen molar-refractivity contribution in [2.24, 2.45) is 23.5 Å². The van der Waals surface area contributed by atoms with Crippen LogP contribution in [0.15, 0.2) is 45.6 Å². The number of Topliss-reactive ketones (excluding diaryl/α,β-unsaturated/α-hetero) is 2. The molecule has 3 atom stereocenters. The first kappa shape index (κ1) is 16.6. The maximum absolute atomic E-state index is 12.2. The first-order valence-electron chi connectivity index (χ1n) is 8.66. The molecule has 3 unspecified atom stereocenters. The highest BCUT2D eigenvalue weighted by molar-refractivity contribution is 6.19. The van der Waals surface area contributed by atoms with E-state index >= 15 is 0 Å². The van der Waals surface area contributed by atoms with E-state index in [-0.39, 0.29) is 46.7 Å². The molecule has 0 heterocycles. The second kappa shape index (κ2) is 5.59. The second-order valence-electron chi connectivity index (χ2n) is 7.34. The van der Waals surface area contributed by atoms with Crippen LogP contribution in [0.4, 0.5) is 0 Å². The third-order valence-corrected chi connectivity index (χ3v) is 5.88. The second-order valence-corrected chi connectivity index (χ2v) is 7.34. The van der Waals surface area contributed by atoms with Gasteiger partial charge in [-0.15, -0.1) is 0 Å². The zero-order chi connectivity index (χ0) is 18.7. The van der Waals surface area contributed by atoms with E-state index in [4.69, 9.17) is 5.73 Å². The van der Waals surface area contributed by atoms with E-state index in [0.717, 1.165) is 5.57 Å². The van der Waals surface area contributed by atoms with Gasteiger partial charge in [0.05, 0.1) is 11.5 Å². The summed E-state index contributed by atoms with van der Waals surface area (Å²) >= 11 is 0. The molecule has 4 rings (SSSR count). The number of carbonyl (C=O) groups excluding carboxylic acids is 3. The molecule has 0 bridgehead atoms. The number of rotatable bonds is 1. The Hall–Kier alpha value is -2.83. The number of allylic oxidation sites excluding steroid dienone is 4. The number of hydrogen-bond acceptors (Lipinski definition) is 6. The topological polar surface area (TPSA) is 138 Å². The van der Waals surface area contributed by atoms with E-state index in [1.165, 1.54) is 0 Å². The van der Waals surface area contributed by atoms with E-state index in [1.54, 1.807) is 0 Å². The van der Waals surface area contributed by atoms with E-state index in [2.05, 4.69) is 0 Å². The molecule has 0 aromatic heterocycles. The number of carbonyl (C=O) groups is 3. The lowest BCUT2D eigenvalue weighted by atomic mass is 9.63. The largest absolute Gasteiger partial charge is 0.511 e. The zero-order valence-electron chi connectivity index (χ0n) is 14.0. The lowest BCUT2D eigenvalue weighted by molar-refractivity contribution is -0.123. The average molecular weight is 357 g/mol. The Morgan fingerprint density at radius 3 is 2.50 bits per heavy atom. The van der Waals surface area contributed by atoms with Gasteiger partial charge in [0.1, 0.15) is 22.9 Å². The number of hydrogen-bond donors (Lipinski definition) is 4. The lowest BCUT2D eigenvalue weighted by Gasteiger charge is -2.42. The molecule has 1 amide bonds. The summed E-state index contributed by atoms with van der Waals surface area (Å²) in [4.78, 5) is 35.9. The van der Waals surface area contributed by atoms with Gasteiger partial charge in [-0.05, 0) is 36.7 Å². The van der Waals surface area contributed by atoms with Gasteiger partial charge in [-0.3, -0.25) is 14.4 Å². The lowest BCUT2D eigenvalue weighted by Crippen LogP contribution is -2.40. The van der Waals surface area contributed by atoms with Gasteiger partial charge in [-0.2, -0.15) is 0 Å². The Bertz CT molecular complexity index is 888. The molecule has 136 valence electrons. The Labute approximate surface area is 149 Å². The minimum absolute atomic E-state index is 0.00382. The fraction of sp³-hybridized carbons (Fsp3) is 0.421. The molecule has 0 aliphatic heterocycles. The molecular weight excluding hydrogens is 338 g/mol. The number of primary amides is 1. The molecule has 5 N–H and O–H groups in total. The maximum Gasteiger partial charge on any atom is 0.255 e. The molecule has 0 saturated heterocycles. The van der Waals surface area contributed by atoms with Crippen molar-refractivity contribution in [1.82, 2.24) is 0 Å². The van der Waals surface area contributed by atoms with Crippen LogP contribution in [0.2, 0.25) is 0 Å². The fourth-order valence-electron chi connectivity index (χ4n) is 4.83. The molecule has 0 aromatic carbocycles. The molecule has 7 nitrogen and oxygen atoms in total. The monoisotopic (exact) mass is 357 g/mol. The summed E-state index contributed by atoms with van der Waals surface area (Å²) in [6, 6.07) is 0. The van der Waals surface area contributed by atoms with Gasteiger partial charge in [-0.1, -0.05) is 6.08 Å². The minimum atomic E-state index is -1.04. The maximum atomic E-state index is 12.2. The zero-order valence-corrected chi connectivity index (χ0v) is 14.0. The van der Waals surface area contributed by atoms with Gasteiger partial charge < -0.3 is 21.1 Å². The summed E-state index contributed by atoms with van der Waals surface area (Å²) in [5.74, 6) is -4.40. The Morgan fingerprint density at radius 2 is 1.81 bits per heavy atom. The van der Waals surface area contributed by atoms with Crippen LogP contribution in [-0.2, 0) is 14.4 Å². The molecule has 4 aliphatic rings. The molecule has 7 heteroatoms. The molecular formula is C19H19NO6. The van der Waals surface area contributed by atoms with E-state index in [1.807, 2.05) is 6.08 Å². The number of nitrogens with two attached hydrogens (primary N) is 1. The van der Waals surface area contributed by atoms with Gasteiger partial charge in [-0.25, -0.2) is 0 Å². The van der Waals surface area contributed by atoms with Crippen molar-refractivity contribution in [1.29, 1.82) is 0 Å². The highest BCUT2D eigenvalue weighted by Crippen LogP contribution is 2.52. The smallest absolute Gasteiger partial charge is 0.255 e. The minimum Gasteiger partial charge on any atom is -0.511 e. The standard InChI is InChI=1S/C19H19NO6/c20-19(26)15-11(22)6-9-5-8-4-7-2-1-3-10(21)12(7)16(23)13(8)17(24)14(9)18(15)25/h2,8-9,14,23-25H,1,3-6H2,(H2,20,26). The Balaban J connectivity index is 1.90. The molecule has 0 saturated carbocycles. The van der Waals surface area contributed by atoms with Crippen LogP contribution >= 0.6 is 0 Å². The molecule has 0 aromatic rings. The molecule has 26 heavy (non-hydrogen) atoms. The van der Waals surface area contributed by atoms with Crippen molar-refractivity contribution >= 4 is 17.5 Å². The predicted octanol–water partition coefficient (Wildman–Crippen LogP) is 1.83. The predicted molar refractivity (Wildman–Crippen MR) is 89.8 cm³/mol. The Kier molecular flexibility index (Phi) is 3.57. The number of fused-ring (bicyclic) bond motifs is 3. The normalized spacial score (nSPS) is 31.4. The Morgan fingerprint density at radius 1 is 1.08 bits per heavy atom. The number of aliphatic hydroxyl groups excluding tert-OH is 3. The van der Waals surface area contributed by atoms with Crippen LogP contribution in [0.3, 0.4) is 0 Å². The van der Waals surface area contributed by atoms with Gasteiger partial charge in [0.25, 0.3) is 5.91 Å². The summed E-state index contributed by atoms with van der Waals surface area (Å²) < 4.78 is 0. The first-order valence-corrected chi connectivity index (χ1v) is 8.66. The van der Waals surface area contributed by atoms with Crippen molar-refractivity contribution in [3.8, 4) is 0 Å². The average Bonchev–Trinajstić information content (AvgIpc) is 2.53. The van der Waals surface area contributed by atoms with Crippen molar-refractivity contribution in [2.75, 3.05) is 0 Å². The van der Waals surface area contributed by atoms with Crippen molar-refractivity contribution < 1.29 is 29.7 Å². The van der Waals surface area contributed by atoms with Gasteiger partial charge in [0.2, 0.25) is 0 Å². The molecule has 4 aliphatic carbocycles. The van der Waals surface area contributed by atoms with Crippen LogP contribution in [0.1, 0.15) is 32.1 Å². The van der Waals surface area contributed by atoms with E-state index in [9.17, 15) is 29.7 Å². The van der Waals surface area contributed by atoms with Crippen LogP contribution in [-0.4, -0.2) is 32.8 Å². The van der Waals surface area contributed by atoms with Crippen LogP contribution in [0, 0.1) is 17.8 Å². The van der Waals surface area contributed by atoms with Crippen molar-refractivity contribution in [2.45, 2.75) is 32.1 Å². The number of amides is 1. The van der Waals surface area contributed by atoms with E-state index < -0.39 is 28.9 Å². The number of ketones is 2. The van der Waals surface area contributed by atoms with Crippen LogP contribution < -0.4 is 5.73 Å². The number of aliphatic hydroxyl groups is 3. The first-order chi connectivity index (χ1) is 12.3. The highest BCUT2D eigenvalue weighted by atomic mass is 16.3. The molecule has 0 spiro atoms. The van der Waals surface area contributed by atoms with Crippen LogP contribution in [0.25, 0.3) is 0 Å². The van der Waals surface area contributed by atoms with E-state index in [0.29, 0.717) is 25.7 Å². The summed E-state index contributed by atoms with van der Waals surface area (Å²) in [5, 5.41) is 31.9. The third kappa shape index (κ3) is 2.16. The van der Waals surface area contributed by atoms with Gasteiger partial charge in [0.15, 0.2) is 11.6 Å². The van der Waals surface area contributed by atoms with Crippen molar-refractivity contribution in [3.63, 3.8) is 0 Å². The van der Waals surface area contributed by atoms with Gasteiger partial charge in [0, 0.05) is 18.4 Å². The quantitative estimate of drug-likeness (QED) is 0.528. The summed E-state index contributed by atoms with van der Waals surface area (Å²) in [6.07, 6.45) is 3.80. The third-order valence-electron chi connectivity index (χ3n) is 5.88. The summed E-state index contributed by atoms with van der Waals surface area (Å²) in [7, 11) is 0. The van der Waals surface area contributed by atoms with Crippen LogP contribution in [0.5, 0.6) is 0 Å². The van der Waals surface area contributed by atoms with Crippen molar-refractivity contribution in [3.05, 3.63) is 45.6 Å². The fourth-order valence-corrected chi connectivity index (χ4v) is 4.83.